The van der Waals surface area contributed by atoms with Gasteiger partial charge in [-0.2, -0.15) is 0 Å². The molecule has 0 spiro atoms. The first-order valence-electron chi connectivity index (χ1n) is 32.3. The third-order valence-corrected chi connectivity index (χ3v) is 19.0. The number of benzene rings is 6. The second-order valence-electron chi connectivity index (χ2n) is 26.0. The number of nitro benzene ring substituents is 1. The Morgan fingerprint density at radius 3 is 1.93 bits per heavy atom. The smallest absolute Gasteiger partial charge is 0.410 e. The number of aliphatic hydroxyl groups excluding tert-OH is 6. The van der Waals surface area contributed by atoms with Gasteiger partial charge >= 0.3 is 12.1 Å². The van der Waals surface area contributed by atoms with Crippen molar-refractivity contribution in [2.75, 3.05) is 13.7 Å². The van der Waals surface area contributed by atoms with Gasteiger partial charge in [0.15, 0.2) is 29.1 Å². The fourth-order valence-electron chi connectivity index (χ4n) is 12.8. The molecule has 1 saturated carbocycles. The van der Waals surface area contributed by atoms with Crippen molar-refractivity contribution in [1.29, 1.82) is 0 Å². The van der Waals surface area contributed by atoms with E-state index in [1.54, 1.807) is 13.8 Å². The van der Waals surface area contributed by atoms with Crippen molar-refractivity contribution in [2.24, 2.45) is 23.5 Å². The van der Waals surface area contributed by atoms with Gasteiger partial charge in [0.05, 0.1) is 32.9 Å². The highest BCUT2D eigenvalue weighted by molar-refractivity contribution is 6.32. The topological polar surface area (TPSA) is 513 Å². The molecule has 0 unspecified atom stereocenters. The van der Waals surface area contributed by atoms with Gasteiger partial charge in [0.1, 0.15) is 90.0 Å². The molecule has 14 atom stereocenters. The van der Waals surface area contributed by atoms with E-state index in [0.29, 0.717) is 5.56 Å². The highest BCUT2D eigenvalue weighted by Gasteiger charge is 2.47. The summed E-state index contributed by atoms with van der Waals surface area (Å²) < 4.78 is 25.1. The first kappa shape index (κ1) is 75.9. The lowest BCUT2D eigenvalue weighted by Crippen LogP contribution is -2.56. The number of carboxylic acids is 1. The summed E-state index contributed by atoms with van der Waals surface area (Å²) in [4.78, 5) is 144. The second-order valence-corrected chi connectivity index (χ2v) is 26.8. The number of non-ortho nitro benzene ring substituents is 1. The maximum Gasteiger partial charge on any atom is 0.410 e. The molecule has 104 heavy (non-hydrogen) atoms. The Balaban J connectivity index is 1.16. The average molecular weight is 1480 g/mol. The number of fused-ring (bicyclic) bond motifs is 15. The van der Waals surface area contributed by atoms with E-state index in [1.165, 1.54) is 43.4 Å². The Morgan fingerprint density at radius 1 is 0.721 bits per heavy atom. The Morgan fingerprint density at radius 2 is 1.35 bits per heavy atom. The van der Waals surface area contributed by atoms with Crippen LogP contribution < -0.4 is 41.2 Å². The number of aliphatic carboxylic acids is 1. The van der Waals surface area contributed by atoms with Crippen LogP contribution in [0.2, 0.25) is 10.0 Å². The van der Waals surface area contributed by atoms with Gasteiger partial charge in [-0.15, -0.1) is 0 Å². The number of hydrogen-bond acceptors (Lipinski definition) is 24. The Hall–Kier alpha value is -10.7. The van der Waals surface area contributed by atoms with Gasteiger partial charge < -0.3 is 97.0 Å². The molecule has 1 aliphatic carbocycles. The molecule has 32 nitrogen and oxygen atoms in total. The molecule has 5 heterocycles. The van der Waals surface area contributed by atoms with Crippen LogP contribution in [0.5, 0.6) is 46.0 Å². The molecule has 5 aliphatic heterocycles. The van der Waals surface area contributed by atoms with Crippen molar-refractivity contribution in [1.82, 2.24) is 26.2 Å². The number of nitrogens with two attached hydrogens (primary N) is 1. The highest BCUT2D eigenvalue weighted by Crippen LogP contribution is 2.50. The van der Waals surface area contributed by atoms with Crippen LogP contribution in [0.1, 0.15) is 110 Å². The van der Waals surface area contributed by atoms with Crippen molar-refractivity contribution in [3.05, 3.63) is 157 Å². The molecule has 16 N–H and O–H groups in total. The average Bonchev–Trinajstić information content (AvgIpc) is 0.770. The zero-order valence-electron chi connectivity index (χ0n) is 55.2. The van der Waals surface area contributed by atoms with Crippen LogP contribution >= 0.6 is 23.2 Å². The molecule has 12 rings (SSSR count). The molecule has 6 aromatic rings. The number of Topliss-reactive ketones (excluding diaryl/α,β-unsaturated/α-hetero) is 2. The summed E-state index contributed by atoms with van der Waals surface area (Å²) in [5, 5.41) is 134. The SMILES string of the molecule is CC(C)C[C@H](C(=O)N[C@H]1C(=O)C[C@@H](CC(N)=O)C(=O)N[C@H]2C(=O)C[C@H]3C(=O)N[C@H](C(=O)N[C@H](C(=O)O)c4cc(O)cc(O)c4-c4cc3ccc4O)[C@H](O)c3ccc(c(Cl)c3)Oc3cc2cc(c3O[C@@H]2C[C@H](CO)[C@@H](O)[C@H](O)[C@H]2O)Oc2ccc(cc2Cl)[C@H]1O)N(C)C(=O)OCc1ccc([N+](=O)[O-])cc1. The van der Waals surface area contributed by atoms with E-state index in [4.69, 9.17) is 47.9 Å². The van der Waals surface area contributed by atoms with Crippen molar-refractivity contribution in [3.8, 4) is 57.1 Å². The number of nitro groups is 1. The van der Waals surface area contributed by atoms with Crippen LogP contribution in [0.4, 0.5) is 10.5 Å². The predicted molar refractivity (Wildman–Crippen MR) is 361 cm³/mol. The van der Waals surface area contributed by atoms with Gasteiger partial charge in [-0.1, -0.05) is 55.2 Å². The number of hydrogen-bond donors (Lipinski definition) is 15. The number of aromatic hydroxyl groups is 3. The number of nitrogens with zero attached hydrogens (tertiary/aromatic N) is 2. The Bertz CT molecular complexity index is 4410. The van der Waals surface area contributed by atoms with Crippen LogP contribution in [0.3, 0.4) is 0 Å². The molecule has 6 aromatic carbocycles. The number of amides is 6. The molecular weight excluding hydrogens is 1410 g/mol. The maximum absolute atomic E-state index is 16.1. The predicted octanol–water partition coefficient (Wildman–Crippen LogP) is 4.47. The number of phenols is 3. The van der Waals surface area contributed by atoms with Gasteiger partial charge in [0.25, 0.3) is 5.69 Å². The maximum atomic E-state index is 16.1. The molecule has 550 valence electrons. The molecule has 6 amide bonds. The first-order valence-corrected chi connectivity index (χ1v) is 33.1. The van der Waals surface area contributed by atoms with Crippen LogP contribution in [-0.2, 0) is 49.7 Å². The lowest BCUT2D eigenvalue weighted by atomic mass is 9.81. The Kier molecular flexibility index (Phi) is 23.0. The molecule has 34 heteroatoms. The van der Waals surface area contributed by atoms with Gasteiger partial charge in [0, 0.05) is 73.7 Å². The number of carbonyl (C=O) groups is 9. The van der Waals surface area contributed by atoms with Crippen LogP contribution in [-0.4, -0.2) is 170 Å². The number of carboxylic acid groups (broad SMARTS) is 1. The quantitative estimate of drug-likeness (QED) is 0.0528. The second kappa shape index (κ2) is 31.5. The van der Waals surface area contributed by atoms with Gasteiger partial charge in [-0.25, -0.2) is 9.59 Å². The summed E-state index contributed by atoms with van der Waals surface area (Å²) in [6.07, 6.45) is -16.4. The van der Waals surface area contributed by atoms with E-state index in [-0.39, 0.29) is 51.2 Å². The lowest BCUT2D eigenvalue weighted by molar-refractivity contribution is -0.384. The lowest BCUT2D eigenvalue weighted by Gasteiger charge is -2.40. The number of carbonyl (C=O) groups excluding carboxylic acids is 8. The number of halogens is 2. The van der Waals surface area contributed by atoms with Crippen molar-refractivity contribution in [3.63, 3.8) is 0 Å². The minimum Gasteiger partial charge on any atom is -0.508 e. The van der Waals surface area contributed by atoms with E-state index in [9.17, 15) is 85.2 Å². The molecule has 0 saturated heterocycles. The third-order valence-electron chi connectivity index (χ3n) is 18.4. The number of likely N-dealkylation sites (N-methyl/N-ethyl adjacent to an activating group) is 1. The molecule has 11 bridgehead atoms. The molecule has 0 radical (unpaired) electrons. The number of ether oxygens (including phenoxy) is 4. The highest BCUT2D eigenvalue weighted by atomic mass is 35.5. The van der Waals surface area contributed by atoms with Crippen LogP contribution in [0.15, 0.2) is 103 Å². The number of primary amides is 1. The number of ketones is 2. The molecule has 1 fully saturated rings. The van der Waals surface area contributed by atoms with Gasteiger partial charge in [-0.3, -0.25) is 48.6 Å². The Labute approximate surface area is 600 Å². The first-order chi connectivity index (χ1) is 49.2. The van der Waals surface area contributed by atoms with Crippen molar-refractivity contribution >= 4 is 82.1 Å². The van der Waals surface area contributed by atoms with Crippen LogP contribution in [0, 0.1) is 27.9 Å². The number of aliphatic hydroxyl groups is 6. The van der Waals surface area contributed by atoms with E-state index < -0.39 is 243 Å². The van der Waals surface area contributed by atoms with Gasteiger partial charge in [0.2, 0.25) is 35.3 Å². The molecule has 0 aromatic heterocycles. The number of nitrogens with one attached hydrogen (secondary N) is 4. The largest absolute Gasteiger partial charge is 0.508 e. The van der Waals surface area contributed by atoms with E-state index in [1.807, 2.05) is 0 Å². The monoisotopic (exact) mass is 1480 g/mol. The summed E-state index contributed by atoms with van der Waals surface area (Å²) in [6.45, 7) is 2.23. The zero-order valence-corrected chi connectivity index (χ0v) is 56.8. The third kappa shape index (κ3) is 16.4. The van der Waals surface area contributed by atoms with Gasteiger partial charge in [-0.05, 0) is 113 Å². The minimum atomic E-state index is -2.25. The summed E-state index contributed by atoms with van der Waals surface area (Å²) in [7, 11) is 1.21. The standard InChI is InChI=1S/C70H71Cl2N7O25/c1-28(2)14-43(78(3)70(98)101-27-29-4-9-36(10-5-29)79(99)100)67(94)76-57-46(84)18-34(22-53(73)86)65(92)74-55-33-19-51(102-48-12-7-31(59(57)87)16-41(48)71)64(104-50-21-35(26-80)61(89)63(91)62(50)90)52(20-33)103-49-13-8-32(17-42(49)72)60(88)58-68(95)75-56(69(96)97)40-23-37(81)24-45(83)54(40)39-15-30(6-11-44(39)82)38(25-47(55)85)66(93)77-58/h4-13,15-17,19-20,23-24,28,34-35,38,43,50,55-63,80-83,87-91H,14,18,21-22,25-27H2,1-3H3,(H2,73,86)(H,74,92)(H,75,95)(H,76,94)(H,77,93)(H,96,97)/t34-,35+,38+,43+,50+,55+,56-,57-,58-,59+,60+,61+,62-,63-/m0/s1. The zero-order chi connectivity index (χ0) is 75.6. The van der Waals surface area contributed by atoms with Crippen molar-refractivity contribution in [2.45, 2.75) is 125 Å². The summed E-state index contributed by atoms with van der Waals surface area (Å²) in [6, 6.07) is 8.54. The minimum absolute atomic E-state index is 0.113. The molecule has 6 aliphatic rings. The summed E-state index contributed by atoms with van der Waals surface area (Å²) in [5.41, 5.74) is 3.26. The summed E-state index contributed by atoms with van der Waals surface area (Å²) in [5.74, 6) is -20.7. The number of phenolic OH excluding ortho intramolecular Hbond substituents is 3. The van der Waals surface area contributed by atoms with E-state index in [2.05, 4.69) is 21.3 Å². The van der Waals surface area contributed by atoms with E-state index >= 15 is 19.2 Å². The fraction of sp³-hybridized carbons (Fsp3) is 0.357. The van der Waals surface area contributed by atoms with E-state index in [0.717, 1.165) is 71.6 Å². The molecular formula is C70H71Cl2N7O25. The summed E-state index contributed by atoms with van der Waals surface area (Å²) >= 11 is 14.0. The number of rotatable bonds is 14. The fourth-order valence-corrected chi connectivity index (χ4v) is 13.3. The normalized spacial score (nSPS) is 24.4. The van der Waals surface area contributed by atoms with Crippen LogP contribution in [0.25, 0.3) is 11.1 Å². The van der Waals surface area contributed by atoms with Crippen molar-refractivity contribution < 1.29 is 118 Å².